The predicted octanol–water partition coefficient (Wildman–Crippen LogP) is 0.661. The van der Waals surface area contributed by atoms with E-state index in [1.165, 1.54) is 11.9 Å². The Morgan fingerprint density at radius 3 is 2.59 bits per heavy atom. The average molecular weight is 445 g/mol. The summed E-state index contributed by atoms with van der Waals surface area (Å²) in [6.45, 7) is 4.71. The molecule has 0 spiro atoms. The number of benzene rings is 1. The number of unbranched alkanes of at least 4 members (excludes halogenated alkanes) is 2. The molecule has 0 saturated carbocycles. The molecule has 3 amide bonds. The summed E-state index contributed by atoms with van der Waals surface area (Å²) in [5.74, 6) is -1.24. The van der Waals surface area contributed by atoms with Crippen molar-refractivity contribution < 1.29 is 24.3 Å². The van der Waals surface area contributed by atoms with Crippen molar-refractivity contribution in [2.75, 3.05) is 51.3 Å². The number of hydrogen-bond donors (Lipinski definition) is 2. The third-order valence-electron chi connectivity index (χ3n) is 6.26. The Morgan fingerprint density at radius 2 is 1.94 bits per heavy atom. The van der Waals surface area contributed by atoms with Gasteiger partial charge < -0.3 is 14.9 Å². The van der Waals surface area contributed by atoms with Gasteiger partial charge in [-0.3, -0.25) is 29.4 Å². The molecule has 1 atom stereocenters. The summed E-state index contributed by atoms with van der Waals surface area (Å²) < 4.78 is 0. The van der Waals surface area contributed by atoms with Crippen molar-refractivity contribution in [1.82, 2.24) is 15.1 Å². The molecule has 1 aromatic carbocycles. The molecule has 2 aliphatic rings. The number of likely N-dealkylation sites (N-methyl/N-ethyl adjacent to an activating group) is 1. The first-order valence-corrected chi connectivity index (χ1v) is 11.2. The molecule has 2 saturated heterocycles. The van der Waals surface area contributed by atoms with Crippen LogP contribution in [-0.2, 0) is 9.59 Å². The van der Waals surface area contributed by atoms with E-state index in [-0.39, 0.29) is 36.5 Å². The van der Waals surface area contributed by atoms with Crippen LogP contribution in [0, 0.1) is 0 Å². The fourth-order valence-corrected chi connectivity index (χ4v) is 4.27. The lowest BCUT2D eigenvalue weighted by atomic mass is 10.0. The van der Waals surface area contributed by atoms with Crippen LogP contribution >= 0.6 is 0 Å². The van der Waals surface area contributed by atoms with Crippen LogP contribution in [0.4, 0.5) is 5.69 Å². The van der Waals surface area contributed by atoms with Crippen molar-refractivity contribution in [2.24, 2.45) is 0 Å². The van der Waals surface area contributed by atoms with Crippen molar-refractivity contribution in [3.63, 3.8) is 0 Å². The largest absolute Gasteiger partial charge is 0.396 e. The molecule has 9 heteroatoms. The molecular formula is C23H32N4O5. The van der Waals surface area contributed by atoms with Gasteiger partial charge in [0.1, 0.15) is 6.04 Å². The third kappa shape index (κ3) is 5.72. The van der Waals surface area contributed by atoms with Gasteiger partial charge in [0, 0.05) is 57.5 Å². The Morgan fingerprint density at radius 1 is 1.19 bits per heavy atom. The number of carbonyl (C=O) groups is 4. The lowest BCUT2D eigenvalue weighted by Crippen LogP contribution is -2.53. The van der Waals surface area contributed by atoms with Gasteiger partial charge in [-0.05, 0) is 50.4 Å². The molecule has 2 heterocycles. The van der Waals surface area contributed by atoms with Gasteiger partial charge in [-0.25, -0.2) is 0 Å². The smallest absolute Gasteiger partial charge is 0.255 e. The van der Waals surface area contributed by atoms with Crippen LogP contribution < -0.4 is 10.2 Å². The van der Waals surface area contributed by atoms with E-state index in [0.29, 0.717) is 6.29 Å². The van der Waals surface area contributed by atoms with Crippen molar-refractivity contribution in [3.8, 4) is 0 Å². The van der Waals surface area contributed by atoms with E-state index in [1.54, 1.807) is 12.1 Å². The molecule has 2 N–H and O–H groups in total. The molecule has 0 aliphatic carbocycles. The van der Waals surface area contributed by atoms with Gasteiger partial charge in [-0.2, -0.15) is 0 Å². The minimum Gasteiger partial charge on any atom is -0.396 e. The van der Waals surface area contributed by atoms with E-state index in [1.807, 2.05) is 6.07 Å². The summed E-state index contributed by atoms with van der Waals surface area (Å²) >= 11 is 0. The average Bonchev–Trinajstić information content (AvgIpc) is 2.81. The summed E-state index contributed by atoms with van der Waals surface area (Å²) in [7, 11) is 1.53. The summed E-state index contributed by atoms with van der Waals surface area (Å²) in [5.41, 5.74) is 1.41. The molecule has 2 fully saturated rings. The molecule has 1 unspecified atom stereocenters. The van der Waals surface area contributed by atoms with Crippen LogP contribution in [0.25, 0.3) is 0 Å². The number of amides is 3. The summed E-state index contributed by atoms with van der Waals surface area (Å²) in [6.07, 6.45) is 4.03. The van der Waals surface area contributed by atoms with E-state index >= 15 is 0 Å². The quantitative estimate of drug-likeness (QED) is 0.327. The number of aldehydes is 1. The molecular weight excluding hydrogens is 412 g/mol. The zero-order valence-corrected chi connectivity index (χ0v) is 18.6. The second kappa shape index (κ2) is 11.2. The number of nitrogens with zero attached hydrogens (tertiary/aromatic N) is 3. The van der Waals surface area contributed by atoms with Gasteiger partial charge in [0.2, 0.25) is 11.8 Å². The molecule has 0 radical (unpaired) electrons. The Labute approximate surface area is 188 Å². The highest BCUT2D eigenvalue weighted by atomic mass is 16.3. The van der Waals surface area contributed by atoms with Crippen molar-refractivity contribution in [3.05, 3.63) is 29.3 Å². The summed E-state index contributed by atoms with van der Waals surface area (Å²) in [6, 6.07) is 4.49. The van der Waals surface area contributed by atoms with Crippen molar-refractivity contribution in [2.45, 2.75) is 38.1 Å². The monoisotopic (exact) mass is 444 g/mol. The molecule has 9 nitrogen and oxygen atoms in total. The lowest BCUT2D eigenvalue weighted by molar-refractivity contribution is -0.136. The highest BCUT2D eigenvalue weighted by molar-refractivity contribution is 6.06. The van der Waals surface area contributed by atoms with Crippen LogP contribution in [0.2, 0.25) is 0 Å². The Balaban J connectivity index is 1.67. The van der Waals surface area contributed by atoms with E-state index in [9.17, 15) is 19.2 Å². The van der Waals surface area contributed by atoms with E-state index in [2.05, 4.69) is 15.1 Å². The topological polar surface area (TPSA) is 110 Å². The van der Waals surface area contributed by atoms with E-state index in [0.717, 1.165) is 57.7 Å². The van der Waals surface area contributed by atoms with Crippen molar-refractivity contribution >= 4 is 29.7 Å². The van der Waals surface area contributed by atoms with Gasteiger partial charge in [0.25, 0.3) is 5.91 Å². The van der Waals surface area contributed by atoms with Crippen LogP contribution in [0.15, 0.2) is 18.2 Å². The minimum absolute atomic E-state index is 0.179. The predicted molar refractivity (Wildman–Crippen MR) is 120 cm³/mol. The number of aliphatic hydroxyl groups excluding tert-OH is 1. The fraction of sp³-hybridized carbons (Fsp3) is 0.565. The van der Waals surface area contributed by atoms with Crippen molar-refractivity contribution in [1.29, 1.82) is 0 Å². The number of imide groups is 1. The standard InChI is InChI=1S/C23H32N4O5/c1-25(20-7-8-21(30)24-22(20)31)23(32)19-15-18(6-5-17(19)16-29)27-12-10-26(11-13-27)9-3-2-4-14-28/h5-6,15-16,20,28H,2-4,7-14H2,1H3,(H,24,30,31). The fourth-order valence-electron chi connectivity index (χ4n) is 4.27. The second-order valence-corrected chi connectivity index (χ2v) is 8.39. The maximum Gasteiger partial charge on any atom is 0.255 e. The third-order valence-corrected chi connectivity index (χ3v) is 6.26. The number of piperidine rings is 1. The summed E-state index contributed by atoms with van der Waals surface area (Å²) in [5, 5.41) is 11.2. The van der Waals surface area contributed by atoms with E-state index < -0.39 is 17.9 Å². The van der Waals surface area contributed by atoms with Crippen LogP contribution in [0.5, 0.6) is 0 Å². The van der Waals surface area contributed by atoms with Crippen LogP contribution in [0.1, 0.15) is 52.8 Å². The molecule has 2 aliphatic heterocycles. The maximum atomic E-state index is 13.2. The van der Waals surface area contributed by atoms with Gasteiger partial charge in [0.05, 0.1) is 5.56 Å². The Bertz CT molecular complexity index is 851. The highest BCUT2D eigenvalue weighted by Gasteiger charge is 2.33. The molecule has 32 heavy (non-hydrogen) atoms. The Kier molecular flexibility index (Phi) is 8.35. The first kappa shape index (κ1) is 23.9. The van der Waals surface area contributed by atoms with Gasteiger partial charge in [-0.1, -0.05) is 0 Å². The molecule has 174 valence electrons. The second-order valence-electron chi connectivity index (χ2n) is 8.39. The number of nitrogens with one attached hydrogen (secondary N) is 1. The Hall–Kier alpha value is -2.78. The number of carbonyl (C=O) groups excluding carboxylic acids is 4. The number of anilines is 1. The highest BCUT2D eigenvalue weighted by Crippen LogP contribution is 2.23. The summed E-state index contributed by atoms with van der Waals surface area (Å²) in [4.78, 5) is 54.2. The zero-order chi connectivity index (χ0) is 23.1. The first-order valence-electron chi connectivity index (χ1n) is 11.2. The zero-order valence-electron chi connectivity index (χ0n) is 18.6. The van der Waals surface area contributed by atoms with Crippen LogP contribution in [-0.4, -0.2) is 91.3 Å². The van der Waals surface area contributed by atoms with Gasteiger partial charge >= 0.3 is 0 Å². The molecule has 0 bridgehead atoms. The maximum absolute atomic E-state index is 13.2. The number of rotatable bonds is 9. The van der Waals surface area contributed by atoms with E-state index in [4.69, 9.17) is 5.11 Å². The van der Waals surface area contributed by atoms with Gasteiger partial charge in [-0.15, -0.1) is 0 Å². The molecule has 1 aromatic rings. The number of hydrogen-bond acceptors (Lipinski definition) is 7. The minimum atomic E-state index is -0.738. The first-order chi connectivity index (χ1) is 15.4. The molecule has 0 aromatic heterocycles. The molecule has 3 rings (SSSR count). The lowest BCUT2D eigenvalue weighted by Gasteiger charge is -2.36. The normalized spacial score (nSPS) is 19.6. The number of piperazine rings is 1. The van der Waals surface area contributed by atoms with Gasteiger partial charge in [0.15, 0.2) is 6.29 Å². The van der Waals surface area contributed by atoms with Crippen LogP contribution in [0.3, 0.4) is 0 Å². The SMILES string of the molecule is CN(C(=O)c1cc(N2CCN(CCCCCO)CC2)ccc1C=O)C1CCC(=O)NC1=O. The number of aliphatic hydroxyl groups is 1.